The maximum atomic E-state index is 6.03. The van der Waals surface area contributed by atoms with Crippen molar-refractivity contribution in [2.24, 2.45) is 5.92 Å². The SMILES string of the molecule is CCC1CC1n1nnnc1-c1ccc(N)c(Cl)c1. The fourth-order valence-electron chi connectivity index (χ4n) is 2.24. The van der Waals surface area contributed by atoms with Gasteiger partial charge in [0.05, 0.1) is 16.8 Å². The lowest BCUT2D eigenvalue weighted by Crippen LogP contribution is -2.02. The number of nitrogens with two attached hydrogens (primary N) is 1. The number of hydrogen-bond donors (Lipinski definition) is 1. The summed E-state index contributed by atoms with van der Waals surface area (Å²) < 4.78 is 1.90. The van der Waals surface area contributed by atoms with Crippen molar-refractivity contribution >= 4 is 17.3 Å². The molecular weight excluding hydrogens is 250 g/mol. The molecule has 0 amide bonds. The number of rotatable bonds is 3. The van der Waals surface area contributed by atoms with Gasteiger partial charge < -0.3 is 5.73 Å². The second-order valence-corrected chi connectivity index (χ2v) is 5.06. The number of halogens is 1. The highest BCUT2D eigenvalue weighted by Crippen LogP contribution is 2.46. The number of tetrazole rings is 1. The Morgan fingerprint density at radius 3 is 3.00 bits per heavy atom. The summed E-state index contributed by atoms with van der Waals surface area (Å²) in [5.41, 5.74) is 7.18. The van der Waals surface area contributed by atoms with Crippen LogP contribution >= 0.6 is 11.6 Å². The lowest BCUT2D eigenvalue weighted by molar-refractivity contribution is 0.563. The lowest BCUT2D eigenvalue weighted by atomic mass is 10.2. The predicted molar refractivity (Wildman–Crippen MR) is 70.1 cm³/mol. The van der Waals surface area contributed by atoms with E-state index in [-0.39, 0.29) is 0 Å². The van der Waals surface area contributed by atoms with Gasteiger partial charge in [-0.05, 0) is 41.0 Å². The van der Waals surface area contributed by atoms with Crippen LogP contribution in [-0.2, 0) is 0 Å². The summed E-state index contributed by atoms with van der Waals surface area (Å²) in [4.78, 5) is 0. The van der Waals surface area contributed by atoms with Gasteiger partial charge >= 0.3 is 0 Å². The molecule has 0 aliphatic heterocycles. The van der Waals surface area contributed by atoms with Crippen molar-refractivity contribution in [3.05, 3.63) is 23.2 Å². The molecule has 6 heteroatoms. The number of hydrogen-bond acceptors (Lipinski definition) is 4. The van der Waals surface area contributed by atoms with Gasteiger partial charge in [-0.1, -0.05) is 24.9 Å². The Morgan fingerprint density at radius 2 is 2.33 bits per heavy atom. The summed E-state index contributed by atoms with van der Waals surface area (Å²) in [6, 6.07) is 5.91. The maximum Gasteiger partial charge on any atom is 0.182 e. The number of aromatic nitrogens is 4. The third kappa shape index (κ3) is 1.84. The fourth-order valence-corrected chi connectivity index (χ4v) is 2.42. The molecule has 1 aliphatic rings. The molecule has 5 nitrogen and oxygen atoms in total. The van der Waals surface area contributed by atoms with Crippen LogP contribution in [0, 0.1) is 5.92 Å². The lowest BCUT2D eigenvalue weighted by Gasteiger charge is -2.05. The van der Waals surface area contributed by atoms with Gasteiger partial charge in [-0.25, -0.2) is 4.68 Å². The first kappa shape index (κ1) is 11.5. The minimum atomic E-state index is 0.427. The monoisotopic (exact) mass is 263 g/mol. The zero-order valence-electron chi connectivity index (χ0n) is 10.0. The summed E-state index contributed by atoms with van der Waals surface area (Å²) in [5, 5.41) is 12.5. The topological polar surface area (TPSA) is 69.6 Å². The number of anilines is 1. The average molecular weight is 264 g/mol. The summed E-state index contributed by atoms with van der Waals surface area (Å²) in [6.07, 6.45) is 2.31. The van der Waals surface area contributed by atoms with E-state index in [0.717, 1.165) is 24.2 Å². The second kappa shape index (κ2) is 4.24. The Balaban J connectivity index is 1.97. The van der Waals surface area contributed by atoms with Crippen molar-refractivity contribution in [2.75, 3.05) is 5.73 Å². The first-order valence-electron chi connectivity index (χ1n) is 6.04. The normalized spacial score (nSPS) is 22.1. The fraction of sp³-hybridized carbons (Fsp3) is 0.417. The van der Waals surface area contributed by atoms with Crippen LogP contribution in [-0.4, -0.2) is 20.2 Å². The zero-order chi connectivity index (χ0) is 12.7. The Kier molecular flexibility index (Phi) is 2.70. The number of nitrogens with zero attached hydrogens (tertiary/aromatic N) is 4. The highest BCUT2D eigenvalue weighted by molar-refractivity contribution is 6.33. The van der Waals surface area contributed by atoms with Crippen LogP contribution in [0.15, 0.2) is 18.2 Å². The molecule has 2 atom stereocenters. The van der Waals surface area contributed by atoms with Crippen molar-refractivity contribution in [1.29, 1.82) is 0 Å². The molecule has 1 saturated carbocycles. The molecule has 94 valence electrons. The summed E-state index contributed by atoms with van der Waals surface area (Å²) in [7, 11) is 0. The van der Waals surface area contributed by atoms with Crippen molar-refractivity contribution in [3.8, 4) is 11.4 Å². The van der Waals surface area contributed by atoms with Gasteiger partial charge in [0.2, 0.25) is 0 Å². The molecule has 1 aromatic carbocycles. The first-order chi connectivity index (χ1) is 8.70. The molecule has 1 fully saturated rings. The van der Waals surface area contributed by atoms with Gasteiger partial charge in [0.15, 0.2) is 5.82 Å². The molecule has 1 aromatic heterocycles. The third-order valence-corrected chi connectivity index (χ3v) is 3.80. The van der Waals surface area contributed by atoms with Crippen molar-refractivity contribution in [3.63, 3.8) is 0 Å². The molecule has 0 radical (unpaired) electrons. The van der Waals surface area contributed by atoms with E-state index in [4.69, 9.17) is 17.3 Å². The molecule has 0 saturated heterocycles. The molecule has 2 aromatic rings. The smallest absolute Gasteiger partial charge is 0.182 e. The van der Waals surface area contributed by atoms with E-state index < -0.39 is 0 Å². The van der Waals surface area contributed by atoms with Gasteiger partial charge in [-0.15, -0.1) is 5.10 Å². The van der Waals surface area contributed by atoms with Gasteiger partial charge in [-0.2, -0.15) is 0 Å². The number of nitrogen functional groups attached to an aromatic ring is 1. The molecular formula is C12H14ClN5. The van der Waals surface area contributed by atoms with E-state index in [1.54, 1.807) is 6.07 Å². The largest absolute Gasteiger partial charge is 0.398 e. The predicted octanol–water partition coefficient (Wildman–Crippen LogP) is 2.55. The summed E-state index contributed by atoms with van der Waals surface area (Å²) in [5.74, 6) is 1.45. The molecule has 2 N–H and O–H groups in total. The first-order valence-corrected chi connectivity index (χ1v) is 6.41. The van der Waals surface area contributed by atoms with Crippen LogP contribution in [0.25, 0.3) is 11.4 Å². The van der Waals surface area contributed by atoms with E-state index in [0.29, 0.717) is 22.7 Å². The van der Waals surface area contributed by atoms with E-state index in [1.807, 2.05) is 16.8 Å². The highest BCUT2D eigenvalue weighted by Gasteiger charge is 2.39. The van der Waals surface area contributed by atoms with Crippen LogP contribution in [0.5, 0.6) is 0 Å². The average Bonchev–Trinajstić information content (AvgIpc) is 3.00. The molecule has 3 rings (SSSR count). The van der Waals surface area contributed by atoms with E-state index in [1.165, 1.54) is 0 Å². The van der Waals surface area contributed by atoms with Crippen molar-refractivity contribution in [2.45, 2.75) is 25.8 Å². The number of benzene rings is 1. The highest BCUT2D eigenvalue weighted by atomic mass is 35.5. The van der Waals surface area contributed by atoms with Gasteiger partial charge in [0.1, 0.15) is 0 Å². The quantitative estimate of drug-likeness (QED) is 0.864. The van der Waals surface area contributed by atoms with Gasteiger partial charge in [0, 0.05) is 5.56 Å². The third-order valence-electron chi connectivity index (χ3n) is 3.48. The second-order valence-electron chi connectivity index (χ2n) is 4.65. The Bertz CT molecular complexity index is 580. The minimum absolute atomic E-state index is 0.427. The zero-order valence-corrected chi connectivity index (χ0v) is 10.8. The Hall–Kier alpha value is -1.62. The standard InChI is InChI=1S/C12H14ClN5/c1-2-7-6-11(7)18-12(15-16-17-18)8-3-4-10(14)9(13)5-8/h3-5,7,11H,2,6,14H2,1H3. The van der Waals surface area contributed by atoms with E-state index in [2.05, 4.69) is 22.4 Å². The minimum Gasteiger partial charge on any atom is -0.398 e. The summed E-state index contributed by atoms with van der Waals surface area (Å²) in [6.45, 7) is 2.19. The van der Waals surface area contributed by atoms with E-state index >= 15 is 0 Å². The van der Waals surface area contributed by atoms with Gasteiger partial charge in [-0.3, -0.25) is 0 Å². The van der Waals surface area contributed by atoms with Crippen LogP contribution in [0.3, 0.4) is 0 Å². The van der Waals surface area contributed by atoms with Crippen LogP contribution in [0.1, 0.15) is 25.8 Å². The van der Waals surface area contributed by atoms with E-state index in [9.17, 15) is 0 Å². The molecule has 0 bridgehead atoms. The Labute approximate surface area is 110 Å². The maximum absolute atomic E-state index is 6.03. The molecule has 1 heterocycles. The van der Waals surface area contributed by atoms with Crippen LogP contribution in [0.2, 0.25) is 5.02 Å². The molecule has 1 aliphatic carbocycles. The molecule has 2 unspecified atom stereocenters. The van der Waals surface area contributed by atoms with Gasteiger partial charge in [0.25, 0.3) is 0 Å². The van der Waals surface area contributed by atoms with Crippen LogP contribution in [0.4, 0.5) is 5.69 Å². The molecule has 0 spiro atoms. The van der Waals surface area contributed by atoms with Crippen LogP contribution < -0.4 is 5.73 Å². The van der Waals surface area contributed by atoms with Crippen molar-refractivity contribution < 1.29 is 0 Å². The molecule has 18 heavy (non-hydrogen) atoms. The summed E-state index contributed by atoms with van der Waals surface area (Å²) >= 11 is 6.03. The van der Waals surface area contributed by atoms with Crippen molar-refractivity contribution in [1.82, 2.24) is 20.2 Å². The Morgan fingerprint density at radius 1 is 1.50 bits per heavy atom.